The molecule has 1 fully saturated rings. The minimum atomic E-state index is 1.16. The highest BCUT2D eigenvalue weighted by molar-refractivity contribution is 5.52. The van der Waals surface area contributed by atoms with Crippen molar-refractivity contribution in [3.05, 3.63) is 0 Å². The van der Waals surface area contributed by atoms with Gasteiger partial charge in [0.15, 0.2) is 0 Å². The van der Waals surface area contributed by atoms with Crippen molar-refractivity contribution in [1.82, 2.24) is 5.01 Å². The molecule has 1 aliphatic rings. The van der Waals surface area contributed by atoms with Crippen molar-refractivity contribution >= 4 is 6.21 Å². The summed E-state index contributed by atoms with van der Waals surface area (Å²) in [5.74, 6) is 0. The average Bonchev–Trinajstić information content (AvgIpc) is 2.19. The van der Waals surface area contributed by atoms with E-state index in [2.05, 4.69) is 10.1 Å². The van der Waals surface area contributed by atoms with Crippen LogP contribution in [-0.4, -0.2) is 24.3 Å². The number of hydrogen-bond acceptors (Lipinski definition) is 2. The van der Waals surface area contributed by atoms with E-state index in [1.165, 1.54) is 12.8 Å². The third-order valence-electron chi connectivity index (χ3n) is 1.36. The van der Waals surface area contributed by atoms with E-state index in [4.69, 9.17) is 0 Å². The van der Waals surface area contributed by atoms with Crippen molar-refractivity contribution in [2.45, 2.75) is 19.8 Å². The first-order chi connectivity index (χ1) is 3.93. The standard InChI is InChI=1S/C6H12N2/c1-2-7-8-5-3-4-6-8/h2H,3-6H2,1H3. The molecule has 0 aromatic heterocycles. The topological polar surface area (TPSA) is 15.6 Å². The van der Waals surface area contributed by atoms with Crippen LogP contribution in [0.5, 0.6) is 0 Å². The molecule has 2 nitrogen and oxygen atoms in total. The highest BCUT2D eigenvalue weighted by atomic mass is 15.4. The minimum absolute atomic E-state index is 1.16. The number of hydrazone groups is 1. The van der Waals surface area contributed by atoms with Crippen LogP contribution in [0, 0.1) is 0 Å². The Kier molecular flexibility index (Phi) is 1.89. The average molecular weight is 112 g/mol. The van der Waals surface area contributed by atoms with Gasteiger partial charge in [0.1, 0.15) is 0 Å². The van der Waals surface area contributed by atoms with Gasteiger partial charge < -0.3 is 0 Å². The maximum atomic E-state index is 4.13. The Morgan fingerprint density at radius 2 is 2.00 bits per heavy atom. The van der Waals surface area contributed by atoms with Crippen molar-refractivity contribution in [2.75, 3.05) is 13.1 Å². The molecule has 0 N–H and O–H groups in total. The fourth-order valence-corrected chi connectivity index (χ4v) is 0.979. The van der Waals surface area contributed by atoms with E-state index in [9.17, 15) is 0 Å². The molecule has 1 saturated heterocycles. The van der Waals surface area contributed by atoms with E-state index in [-0.39, 0.29) is 0 Å². The van der Waals surface area contributed by atoms with E-state index < -0.39 is 0 Å². The lowest BCUT2D eigenvalue weighted by Gasteiger charge is -2.06. The summed E-state index contributed by atoms with van der Waals surface area (Å²) in [4.78, 5) is 0. The first kappa shape index (κ1) is 5.60. The smallest absolute Gasteiger partial charge is 0.0360 e. The monoisotopic (exact) mass is 112 g/mol. The summed E-state index contributed by atoms with van der Waals surface area (Å²) in [7, 11) is 0. The van der Waals surface area contributed by atoms with Crippen molar-refractivity contribution in [3.63, 3.8) is 0 Å². The Morgan fingerprint density at radius 1 is 1.38 bits per heavy atom. The summed E-state index contributed by atoms with van der Waals surface area (Å²) in [6.45, 7) is 4.27. The van der Waals surface area contributed by atoms with Crippen molar-refractivity contribution in [2.24, 2.45) is 5.10 Å². The summed E-state index contributed by atoms with van der Waals surface area (Å²) in [6.07, 6.45) is 4.49. The molecule has 8 heavy (non-hydrogen) atoms. The molecule has 0 unspecified atom stereocenters. The van der Waals surface area contributed by atoms with E-state index in [1.807, 2.05) is 13.1 Å². The molecule has 2 heteroatoms. The van der Waals surface area contributed by atoms with Gasteiger partial charge in [-0.15, -0.1) is 0 Å². The molecule has 46 valence electrons. The van der Waals surface area contributed by atoms with Crippen LogP contribution in [0.25, 0.3) is 0 Å². The van der Waals surface area contributed by atoms with Gasteiger partial charge in [-0.3, -0.25) is 5.01 Å². The van der Waals surface area contributed by atoms with Crippen LogP contribution < -0.4 is 0 Å². The Bertz CT molecular complexity index is 82.5. The SMILES string of the molecule is CC=NN1CCCC1. The molecule has 1 heterocycles. The zero-order valence-corrected chi connectivity index (χ0v) is 5.30. The lowest BCUT2D eigenvalue weighted by molar-refractivity contribution is 0.362. The first-order valence-corrected chi connectivity index (χ1v) is 3.17. The Labute approximate surface area is 50.2 Å². The highest BCUT2D eigenvalue weighted by Crippen LogP contribution is 2.05. The summed E-state index contributed by atoms with van der Waals surface area (Å²) in [5.41, 5.74) is 0. The van der Waals surface area contributed by atoms with Crippen LogP contribution in [0.4, 0.5) is 0 Å². The summed E-state index contributed by atoms with van der Waals surface area (Å²) in [6, 6.07) is 0. The van der Waals surface area contributed by atoms with Crippen LogP contribution in [0.1, 0.15) is 19.8 Å². The molecule has 0 bridgehead atoms. The molecular formula is C6H12N2. The quantitative estimate of drug-likeness (QED) is 0.463. The van der Waals surface area contributed by atoms with Gasteiger partial charge in [0.05, 0.1) is 0 Å². The first-order valence-electron chi connectivity index (χ1n) is 3.17. The third-order valence-corrected chi connectivity index (χ3v) is 1.36. The summed E-state index contributed by atoms with van der Waals surface area (Å²) >= 11 is 0. The lowest BCUT2D eigenvalue weighted by Crippen LogP contribution is -2.10. The van der Waals surface area contributed by atoms with Crippen LogP contribution in [0.3, 0.4) is 0 Å². The predicted molar refractivity (Wildman–Crippen MR) is 35.0 cm³/mol. The van der Waals surface area contributed by atoms with Crippen LogP contribution in [-0.2, 0) is 0 Å². The Morgan fingerprint density at radius 3 is 2.50 bits per heavy atom. The molecule has 0 aromatic carbocycles. The largest absolute Gasteiger partial charge is 0.297 e. The lowest BCUT2D eigenvalue weighted by atomic mass is 10.4. The fourth-order valence-electron chi connectivity index (χ4n) is 0.979. The molecule has 0 spiro atoms. The molecule has 0 radical (unpaired) electrons. The van der Waals surface area contributed by atoms with Crippen molar-refractivity contribution < 1.29 is 0 Å². The van der Waals surface area contributed by atoms with E-state index >= 15 is 0 Å². The fraction of sp³-hybridized carbons (Fsp3) is 0.833. The summed E-state index contributed by atoms with van der Waals surface area (Å²) < 4.78 is 0. The maximum Gasteiger partial charge on any atom is 0.0360 e. The highest BCUT2D eigenvalue weighted by Gasteiger charge is 2.06. The van der Waals surface area contributed by atoms with Crippen LogP contribution in [0.2, 0.25) is 0 Å². The second-order valence-electron chi connectivity index (χ2n) is 2.03. The maximum absolute atomic E-state index is 4.13. The molecule has 0 aromatic rings. The Hall–Kier alpha value is -0.530. The number of hydrogen-bond donors (Lipinski definition) is 0. The second kappa shape index (κ2) is 2.70. The normalized spacial score (nSPS) is 20.9. The molecular weight excluding hydrogens is 100 g/mol. The number of rotatable bonds is 1. The Balaban J connectivity index is 2.24. The van der Waals surface area contributed by atoms with Gasteiger partial charge in [-0.1, -0.05) is 0 Å². The molecule has 0 aliphatic carbocycles. The second-order valence-corrected chi connectivity index (χ2v) is 2.03. The van der Waals surface area contributed by atoms with Crippen LogP contribution >= 0.6 is 0 Å². The molecule has 0 saturated carbocycles. The van der Waals surface area contributed by atoms with Gasteiger partial charge in [0, 0.05) is 19.3 Å². The minimum Gasteiger partial charge on any atom is -0.297 e. The van der Waals surface area contributed by atoms with E-state index in [0.29, 0.717) is 0 Å². The number of nitrogens with zero attached hydrogens (tertiary/aromatic N) is 2. The molecule has 1 rings (SSSR count). The van der Waals surface area contributed by atoms with E-state index in [1.54, 1.807) is 0 Å². The molecule has 1 aliphatic heterocycles. The predicted octanol–water partition coefficient (Wildman–Crippen LogP) is 1.09. The van der Waals surface area contributed by atoms with Gasteiger partial charge >= 0.3 is 0 Å². The van der Waals surface area contributed by atoms with E-state index in [0.717, 1.165) is 13.1 Å². The van der Waals surface area contributed by atoms with Gasteiger partial charge in [-0.25, -0.2) is 0 Å². The van der Waals surface area contributed by atoms with Gasteiger partial charge in [-0.05, 0) is 19.8 Å². The van der Waals surface area contributed by atoms with Gasteiger partial charge in [-0.2, -0.15) is 5.10 Å². The van der Waals surface area contributed by atoms with Gasteiger partial charge in [0.2, 0.25) is 0 Å². The molecule has 0 amide bonds. The zero-order valence-electron chi connectivity index (χ0n) is 5.30. The summed E-state index contributed by atoms with van der Waals surface area (Å²) in [5, 5.41) is 6.24. The zero-order chi connectivity index (χ0) is 5.82. The van der Waals surface area contributed by atoms with Crippen molar-refractivity contribution in [1.29, 1.82) is 0 Å². The molecule has 0 atom stereocenters. The van der Waals surface area contributed by atoms with Crippen molar-refractivity contribution in [3.8, 4) is 0 Å². The van der Waals surface area contributed by atoms with Crippen LogP contribution in [0.15, 0.2) is 5.10 Å². The third kappa shape index (κ3) is 1.22. The van der Waals surface area contributed by atoms with Gasteiger partial charge in [0.25, 0.3) is 0 Å².